The smallest absolute Gasteiger partial charge is 0.337 e. The summed E-state index contributed by atoms with van der Waals surface area (Å²) >= 11 is 1.47. The number of ether oxygens (including phenoxy) is 1. The third kappa shape index (κ3) is 3.74. The third-order valence-electron chi connectivity index (χ3n) is 2.75. The predicted molar refractivity (Wildman–Crippen MR) is 78.5 cm³/mol. The summed E-state index contributed by atoms with van der Waals surface area (Å²) in [4.78, 5) is 14.8. The zero-order valence-corrected chi connectivity index (χ0v) is 12.1. The van der Waals surface area contributed by atoms with E-state index >= 15 is 0 Å². The number of carboxylic acids is 1. The lowest BCUT2D eigenvalue weighted by atomic mass is 10.1. The first-order valence-electron chi connectivity index (χ1n) is 6.03. The summed E-state index contributed by atoms with van der Waals surface area (Å²) < 4.78 is 5.09. The molecule has 0 atom stereocenters. The van der Waals surface area contributed by atoms with Crippen molar-refractivity contribution < 1.29 is 14.6 Å². The fourth-order valence-electron chi connectivity index (χ4n) is 1.68. The van der Waals surface area contributed by atoms with E-state index < -0.39 is 5.97 Å². The zero-order chi connectivity index (χ0) is 15.2. The van der Waals surface area contributed by atoms with Crippen LogP contribution >= 0.6 is 11.8 Å². The van der Waals surface area contributed by atoms with E-state index in [2.05, 4.69) is 11.1 Å². The minimum Gasteiger partial charge on any atom is -0.495 e. The minimum atomic E-state index is -0.993. The summed E-state index contributed by atoms with van der Waals surface area (Å²) in [5.74, 6) is 0.195. The number of hydrogen-bond donors (Lipinski definition) is 1. The van der Waals surface area contributed by atoms with Crippen LogP contribution in [-0.4, -0.2) is 23.2 Å². The molecular formula is C15H12N2O3S. The molecule has 0 fully saturated rings. The molecule has 1 N–H and O–H groups in total. The van der Waals surface area contributed by atoms with Crippen molar-refractivity contribution in [3.8, 4) is 11.8 Å². The van der Waals surface area contributed by atoms with Crippen LogP contribution in [0.3, 0.4) is 0 Å². The monoisotopic (exact) mass is 300 g/mol. The van der Waals surface area contributed by atoms with Crippen molar-refractivity contribution in [3.05, 3.63) is 53.2 Å². The highest BCUT2D eigenvalue weighted by Crippen LogP contribution is 2.25. The number of thioether (sulfide) groups is 1. The molecule has 106 valence electrons. The SMILES string of the molecule is COc1ccc(CSc2ccc(C(=O)O)cn2)cc1C#N. The van der Waals surface area contributed by atoms with E-state index in [9.17, 15) is 4.79 Å². The molecule has 0 saturated carbocycles. The van der Waals surface area contributed by atoms with Crippen LogP contribution in [0.1, 0.15) is 21.5 Å². The lowest BCUT2D eigenvalue weighted by Gasteiger charge is -2.06. The molecule has 0 radical (unpaired) electrons. The highest BCUT2D eigenvalue weighted by atomic mass is 32.2. The third-order valence-corrected chi connectivity index (χ3v) is 3.77. The molecule has 1 aromatic carbocycles. The highest BCUT2D eigenvalue weighted by Gasteiger charge is 2.06. The average Bonchev–Trinajstić information content (AvgIpc) is 2.52. The molecule has 0 unspecified atom stereocenters. The van der Waals surface area contributed by atoms with E-state index in [4.69, 9.17) is 15.1 Å². The quantitative estimate of drug-likeness (QED) is 0.855. The normalized spacial score (nSPS) is 9.90. The maximum absolute atomic E-state index is 10.7. The van der Waals surface area contributed by atoms with E-state index in [0.717, 1.165) is 10.6 Å². The van der Waals surface area contributed by atoms with Gasteiger partial charge in [-0.1, -0.05) is 6.07 Å². The summed E-state index contributed by atoms with van der Waals surface area (Å²) in [6.07, 6.45) is 1.33. The topological polar surface area (TPSA) is 83.2 Å². The average molecular weight is 300 g/mol. The number of aromatic nitrogens is 1. The summed E-state index contributed by atoms with van der Waals surface area (Å²) in [5.41, 5.74) is 1.63. The van der Waals surface area contributed by atoms with Crippen molar-refractivity contribution in [2.24, 2.45) is 0 Å². The van der Waals surface area contributed by atoms with Gasteiger partial charge in [-0.15, -0.1) is 11.8 Å². The number of carboxylic acid groups (broad SMARTS) is 1. The van der Waals surface area contributed by atoms with Crippen LogP contribution in [0.25, 0.3) is 0 Å². The maximum Gasteiger partial charge on any atom is 0.337 e. The van der Waals surface area contributed by atoms with Gasteiger partial charge in [-0.05, 0) is 29.8 Å². The molecule has 0 aliphatic rings. The zero-order valence-electron chi connectivity index (χ0n) is 11.2. The van der Waals surface area contributed by atoms with Crippen LogP contribution in [0, 0.1) is 11.3 Å². The number of carbonyl (C=O) groups is 1. The molecule has 1 aromatic heterocycles. The molecule has 0 aliphatic carbocycles. The van der Waals surface area contributed by atoms with E-state index in [1.54, 1.807) is 18.2 Å². The molecule has 0 bridgehead atoms. The summed E-state index contributed by atoms with van der Waals surface area (Å²) in [6.45, 7) is 0. The predicted octanol–water partition coefficient (Wildman–Crippen LogP) is 2.95. The van der Waals surface area contributed by atoms with Crippen LogP contribution in [-0.2, 0) is 5.75 Å². The van der Waals surface area contributed by atoms with Crippen LogP contribution in [0.15, 0.2) is 41.6 Å². The van der Waals surface area contributed by atoms with E-state index in [1.165, 1.54) is 31.1 Å². The van der Waals surface area contributed by atoms with Crippen molar-refractivity contribution in [2.45, 2.75) is 10.8 Å². The van der Waals surface area contributed by atoms with Gasteiger partial charge in [0, 0.05) is 11.9 Å². The van der Waals surface area contributed by atoms with Gasteiger partial charge in [0.15, 0.2) is 0 Å². The molecule has 2 aromatic rings. The van der Waals surface area contributed by atoms with Crippen molar-refractivity contribution in [3.63, 3.8) is 0 Å². The molecule has 21 heavy (non-hydrogen) atoms. The largest absolute Gasteiger partial charge is 0.495 e. The molecule has 5 nitrogen and oxygen atoms in total. The first-order chi connectivity index (χ1) is 10.1. The number of nitrogens with zero attached hydrogens (tertiary/aromatic N) is 2. The van der Waals surface area contributed by atoms with Crippen LogP contribution in [0.2, 0.25) is 0 Å². The Hall–Kier alpha value is -2.52. The van der Waals surface area contributed by atoms with Crippen LogP contribution in [0.5, 0.6) is 5.75 Å². The molecule has 0 amide bonds. The summed E-state index contributed by atoms with van der Waals surface area (Å²) in [5, 5.41) is 18.6. The van der Waals surface area contributed by atoms with Gasteiger partial charge in [-0.25, -0.2) is 9.78 Å². The number of benzene rings is 1. The first-order valence-corrected chi connectivity index (χ1v) is 7.01. The van der Waals surface area contributed by atoms with Gasteiger partial charge in [0.2, 0.25) is 0 Å². The van der Waals surface area contributed by atoms with Crippen LogP contribution in [0.4, 0.5) is 0 Å². The van der Waals surface area contributed by atoms with E-state index in [-0.39, 0.29) is 5.56 Å². The number of pyridine rings is 1. The Balaban J connectivity index is 2.06. The Morgan fingerprint density at radius 3 is 2.81 bits per heavy atom. The van der Waals surface area contributed by atoms with E-state index in [1.807, 2.05) is 6.07 Å². The number of hydrogen-bond acceptors (Lipinski definition) is 5. The van der Waals surface area contributed by atoms with Crippen LogP contribution < -0.4 is 4.74 Å². The molecule has 0 spiro atoms. The van der Waals surface area contributed by atoms with E-state index in [0.29, 0.717) is 17.1 Å². The van der Waals surface area contributed by atoms with Crippen molar-refractivity contribution in [2.75, 3.05) is 7.11 Å². The molecule has 2 rings (SSSR count). The second-order valence-electron chi connectivity index (χ2n) is 4.13. The standard InChI is InChI=1S/C15H12N2O3S/c1-20-13-4-2-10(6-12(13)7-16)9-21-14-5-3-11(8-17-14)15(18)19/h2-6,8H,9H2,1H3,(H,18,19). The molecule has 0 saturated heterocycles. The minimum absolute atomic E-state index is 0.163. The Morgan fingerprint density at radius 2 is 2.24 bits per heavy atom. The molecule has 0 aliphatic heterocycles. The molecular weight excluding hydrogens is 288 g/mol. The lowest BCUT2D eigenvalue weighted by molar-refractivity contribution is 0.0696. The summed E-state index contributed by atoms with van der Waals surface area (Å²) in [6, 6.07) is 10.7. The Kier molecular flexibility index (Phi) is 4.80. The van der Waals surface area contributed by atoms with Gasteiger partial charge < -0.3 is 9.84 Å². The number of rotatable bonds is 5. The second-order valence-corrected chi connectivity index (χ2v) is 5.12. The fraction of sp³-hybridized carbons (Fsp3) is 0.133. The van der Waals surface area contributed by atoms with Crippen molar-refractivity contribution in [1.29, 1.82) is 5.26 Å². The number of aromatic carboxylic acids is 1. The number of nitriles is 1. The second kappa shape index (κ2) is 6.77. The van der Waals surface area contributed by atoms with Crippen molar-refractivity contribution >= 4 is 17.7 Å². The lowest BCUT2D eigenvalue weighted by Crippen LogP contribution is -1.96. The van der Waals surface area contributed by atoms with Gasteiger partial charge in [0.05, 0.1) is 23.3 Å². The first kappa shape index (κ1) is 14.9. The number of methoxy groups -OCH3 is 1. The Bertz CT molecular complexity index is 693. The van der Waals surface area contributed by atoms with Gasteiger partial charge >= 0.3 is 5.97 Å². The fourth-order valence-corrected chi connectivity index (χ4v) is 2.47. The van der Waals surface area contributed by atoms with Gasteiger partial charge in [0.1, 0.15) is 11.8 Å². The van der Waals surface area contributed by atoms with Gasteiger partial charge in [-0.3, -0.25) is 0 Å². The Labute approximate surface area is 126 Å². The molecule has 1 heterocycles. The highest BCUT2D eigenvalue weighted by molar-refractivity contribution is 7.98. The van der Waals surface area contributed by atoms with Gasteiger partial charge in [0.25, 0.3) is 0 Å². The maximum atomic E-state index is 10.7. The van der Waals surface area contributed by atoms with Crippen molar-refractivity contribution in [1.82, 2.24) is 4.98 Å². The Morgan fingerprint density at radius 1 is 1.43 bits per heavy atom. The van der Waals surface area contributed by atoms with Gasteiger partial charge in [-0.2, -0.15) is 5.26 Å². The molecule has 6 heteroatoms. The summed E-state index contributed by atoms with van der Waals surface area (Å²) in [7, 11) is 1.53.